The number of nitrogens with zero attached hydrogens (tertiary/aromatic N) is 2. The van der Waals surface area contributed by atoms with E-state index in [2.05, 4.69) is 20.9 Å². The van der Waals surface area contributed by atoms with Crippen LogP contribution in [0.2, 0.25) is 0 Å². The third-order valence-electron chi connectivity index (χ3n) is 5.89. The third kappa shape index (κ3) is 3.05. The maximum atomic E-state index is 12.9. The molecule has 3 aliphatic heterocycles. The van der Waals surface area contributed by atoms with Gasteiger partial charge in [0.05, 0.1) is 5.69 Å². The number of piperidine rings is 1. The fraction of sp³-hybridized carbons (Fsp3) is 0.333. The summed E-state index contributed by atoms with van der Waals surface area (Å²) < 4.78 is 0. The molecule has 0 spiro atoms. The Morgan fingerprint density at radius 1 is 1.14 bits per heavy atom. The predicted octanol–water partition coefficient (Wildman–Crippen LogP) is 1.06. The van der Waals surface area contributed by atoms with E-state index in [0.717, 1.165) is 35.6 Å². The van der Waals surface area contributed by atoms with Crippen molar-refractivity contribution >= 4 is 23.4 Å². The Kier molecular flexibility index (Phi) is 4.28. The van der Waals surface area contributed by atoms with E-state index in [0.29, 0.717) is 25.1 Å². The zero-order valence-electron chi connectivity index (χ0n) is 15.8. The number of carbonyl (C=O) groups excluding carboxylic acids is 3. The molecule has 29 heavy (non-hydrogen) atoms. The summed E-state index contributed by atoms with van der Waals surface area (Å²) in [6.45, 7) is 2.53. The normalized spacial score (nSPS) is 20.5. The molecule has 1 atom stereocenters. The number of anilines is 1. The first kappa shape index (κ1) is 17.8. The van der Waals surface area contributed by atoms with Crippen molar-refractivity contribution in [3.8, 4) is 0 Å². The molecule has 3 N–H and O–H groups in total. The lowest BCUT2D eigenvalue weighted by molar-refractivity contribution is -0.136. The average molecular weight is 391 g/mol. The third-order valence-corrected chi connectivity index (χ3v) is 5.89. The number of aromatic nitrogens is 1. The largest absolute Gasteiger partial charge is 0.381 e. The second kappa shape index (κ2) is 6.97. The van der Waals surface area contributed by atoms with Crippen LogP contribution < -0.4 is 16.0 Å². The van der Waals surface area contributed by atoms with Gasteiger partial charge in [0.1, 0.15) is 6.04 Å². The van der Waals surface area contributed by atoms with E-state index in [4.69, 9.17) is 0 Å². The molecule has 0 aliphatic carbocycles. The zero-order valence-corrected chi connectivity index (χ0v) is 15.8. The highest BCUT2D eigenvalue weighted by atomic mass is 16.2. The van der Waals surface area contributed by atoms with Gasteiger partial charge in [-0.05, 0) is 29.7 Å². The molecule has 1 aromatic heterocycles. The average Bonchev–Trinajstić information content (AvgIpc) is 3.32. The van der Waals surface area contributed by atoms with Crippen LogP contribution in [0, 0.1) is 0 Å². The fourth-order valence-electron chi connectivity index (χ4n) is 4.36. The van der Waals surface area contributed by atoms with Crippen molar-refractivity contribution in [1.82, 2.24) is 20.5 Å². The van der Waals surface area contributed by atoms with Crippen LogP contribution in [0.5, 0.6) is 0 Å². The summed E-state index contributed by atoms with van der Waals surface area (Å²) >= 11 is 0. The number of rotatable bonds is 4. The first-order valence-electron chi connectivity index (χ1n) is 9.78. The minimum atomic E-state index is -0.594. The molecular formula is C21H21N5O3. The molecule has 4 heterocycles. The molecule has 1 fully saturated rings. The Hall–Kier alpha value is -3.26. The van der Waals surface area contributed by atoms with Gasteiger partial charge in [0.15, 0.2) is 0 Å². The molecule has 0 radical (unpaired) electrons. The second-order valence-corrected chi connectivity index (χ2v) is 7.58. The van der Waals surface area contributed by atoms with Crippen molar-refractivity contribution < 1.29 is 14.4 Å². The molecular weight excluding hydrogens is 370 g/mol. The maximum Gasteiger partial charge on any atom is 0.255 e. The van der Waals surface area contributed by atoms with Crippen molar-refractivity contribution in [2.24, 2.45) is 0 Å². The number of carbonyl (C=O) groups is 3. The SMILES string of the molecule is O=C1CCC(N2Cc3c(CNc4ccnc5c4CNC5)cccc3C2=O)C(=O)N1. The standard InChI is InChI=1S/C21H21N5O3/c27-19-5-4-18(20(28)25-19)26-11-15-12(2-1-3-13(15)21(26)29)8-24-16-6-7-23-17-10-22-9-14(16)17/h1-3,6-7,18,22H,4-5,8-11H2,(H,23,24)(H,25,27,28). The Morgan fingerprint density at radius 2 is 2.03 bits per heavy atom. The van der Waals surface area contributed by atoms with E-state index >= 15 is 0 Å². The number of amides is 3. The summed E-state index contributed by atoms with van der Waals surface area (Å²) in [6, 6.07) is 7.06. The molecule has 0 bridgehead atoms. The molecule has 2 aromatic rings. The zero-order chi connectivity index (χ0) is 20.0. The smallest absolute Gasteiger partial charge is 0.255 e. The van der Waals surface area contributed by atoms with Crippen molar-refractivity contribution in [2.75, 3.05) is 5.32 Å². The Bertz CT molecular complexity index is 1030. The number of benzene rings is 1. The summed E-state index contributed by atoms with van der Waals surface area (Å²) in [4.78, 5) is 42.6. The number of imide groups is 1. The highest BCUT2D eigenvalue weighted by molar-refractivity contribution is 6.05. The number of pyridine rings is 1. The van der Waals surface area contributed by atoms with E-state index in [1.54, 1.807) is 17.2 Å². The lowest BCUT2D eigenvalue weighted by atomic mass is 10.0. The monoisotopic (exact) mass is 391 g/mol. The van der Waals surface area contributed by atoms with E-state index in [1.165, 1.54) is 5.56 Å². The molecule has 5 rings (SSSR count). The van der Waals surface area contributed by atoms with Gasteiger partial charge in [-0.2, -0.15) is 0 Å². The first-order valence-corrected chi connectivity index (χ1v) is 9.78. The second-order valence-electron chi connectivity index (χ2n) is 7.58. The number of fused-ring (bicyclic) bond motifs is 2. The highest BCUT2D eigenvalue weighted by Crippen LogP contribution is 2.31. The number of hydrogen-bond donors (Lipinski definition) is 3. The minimum Gasteiger partial charge on any atom is -0.381 e. The van der Waals surface area contributed by atoms with Gasteiger partial charge in [0.25, 0.3) is 5.91 Å². The topological polar surface area (TPSA) is 103 Å². The van der Waals surface area contributed by atoms with Crippen LogP contribution in [0.15, 0.2) is 30.5 Å². The number of hydrogen-bond acceptors (Lipinski definition) is 6. The highest BCUT2D eigenvalue weighted by Gasteiger charge is 2.39. The molecule has 8 nitrogen and oxygen atoms in total. The molecule has 1 saturated heterocycles. The van der Waals surface area contributed by atoms with Gasteiger partial charge in [-0.25, -0.2) is 0 Å². The maximum absolute atomic E-state index is 12.9. The van der Waals surface area contributed by atoms with Gasteiger partial charge in [-0.1, -0.05) is 12.1 Å². The van der Waals surface area contributed by atoms with Gasteiger partial charge in [0.2, 0.25) is 11.8 Å². The lowest BCUT2D eigenvalue weighted by Gasteiger charge is -2.29. The van der Waals surface area contributed by atoms with E-state index in [9.17, 15) is 14.4 Å². The number of nitrogens with one attached hydrogen (secondary N) is 3. The van der Waals surface area contributed by atoms with Gasteiger partial charge in [0, 0.05) is 55.6 Å². The molecule has 148 valence electrons. The summed E-state index contributed by atoms with van der Waals surface area (Å²) in [7, 11) is 0. The van der Waals surface area contributed by atoms with Gasteiger partial charge in [-0.15, -0.1) is 0 Å². The summed E-state index contributed by atoms with van der Waals surface area (Å²) in [5.41, 5.74) is 5.90. The molecule has 8 heteroatoms. The van der Waals surface area contributed by atoms with Crippen molar-refractivity contribution in [1.29, 1.82) is 0 Å². The van der Waals surface area contributed by atoms with E-state index in [1.807, 2.05) is 18.2 Å². The summed E-state index contributed by atoms with van der Waals surface area (Å²) in [5.74, 6) is -0.813. The molecule has 1 aromatic carbocycles. The van der Waals surface area contributed by atoms with Crippen LogP contribution in [0.4, 0.5) is 5.69 Å². The van der Waals surface area contributed by atoms with Gasteiger partial charge >= 0.3 is 0 Å². The molecule has 1 unspecified atom stereocenters. The Balaban J connectivity index is 1.37. The Labute approximate surface area is 167 Å². The molecule has 3 aliphatic rings. The van der Waals surface area contributed by atoms with Gasteiger partial charge < -0.3 is 15.5 Å². The Morgan fingerprint density at radius 3 is 2.90 bits per heavy atom. The van der Waals surface area contributed by atoms with Gasteiger partial charge in [-0.3, -0.25) is 24.7 Å². The fourth-order valence-corrected chi connectivity index (χ4v) is 4.36. The van der Waals surface area contributed by atoms with Crippen LogP contribution >= 0.6 is 0 Å². The summed E-state index contributed by atoms with van der Waals surface area (Å²) in [6.07, 6.45) is 2.43. The minimum absolute atomic E-state index is 0.148. The first-order chi connectivity index (χ1) is 14.1. The van der Waals surface area contributed by atoms with Crippen LogP contribution in [0.25, 0.3) is 0 Å². The van der Waals surface area contributed by atoms with E-state index in [-0.39, 0.29) is 24.1 Å². The van der Waals surface area contributed by atoms with Crippen LogP contribution in [-0.4, -0.2) is 33.6 Å². The molecule has 3 amide bonds. The quantitative estimate of drug-likeness (QED) is 0.674. The van der Waals surface area contributed by atoms with Crippen LogP contribution in [-0.2, 0) is 35.8 Å². The lowest BCUT2D eigenvalue weighted by Crippen LogP contribution is -2.52. The van der Waals surface area contributed by atoms with Crippen molar-refractivity contribution in [3.63, 3.8) is 0 Å². The van der Waals surface area contributed by atoms with E-state index < -0.39 is 6.04 Å². The van der Waals surface area contributed by atoms with Crippen LogP contribution in [0.3, 0.4) is 0 Å². The van der Waals surface area contributed by atoms with Crippen molar-refractivity contribution in [3.05, 3.63) is 58.4 Å². The predicted molar refractivity (Wildman–Crippen MR) is 105 cm³/mol. The van der Waals surface area contributed by atoms with Crippen LogP contribution in [0.1, 0.15) is 45.6 Å². The van der Waals surface area contributed by atoms with Crippen molar-refractivity contribution in [2.45, 2.75) is 45.1 Å². The molecule has 0 saturated carbocycles. The summed E-state index contributed by atoms with van der Waals surface area (Å²) in [5, 5.41) is 9.13.